The van der Waals surface area contributed by atoms with E-state index >= 15 is 0 Å². The van der Waals surface area contributed by atoms with Crippen LogP contribution in [0.1, 0.15) is 39.5 Å². The van der Waals surface area contributed by atoms with Gasteiger partial charge in [0.1, 0.15) is 6.04 Å². The maximum absolute atomic E-state index is 11.8. The third-order valence-electron chi connectivity index (χ3n) is 3.13. The lowest BCUT2D eigenvalue weighted by Crippen LogP contribution is -2.49. The molecule has 1 fully saturated rings. The summed E-state index contributed by atoms with van der Waals surface area (Å²) in [5.41, 5.74) is 5.25. The molecule has 1 heterocycles. The van der Waals surface area contributed by atoms with Gasteiger partial charge in [-0.05, 0) is 25.3 Å². The lowest BCUT2D eigenvalue weighted by molar-refractivity contribution is -0.128. The fourth-order valence-electron chi connectivity index (χ4n) is 2.12. The molecule has 2 unspecified atom stereocenters. The summed E-state index contributed by atoms with van der Waals surface area (Å²) in [5.74, 6) is -0.539. The molecule has 4 N–H and O–H groups in total. The summed E-state index contributed by atoms with van der Waals surface area (Å²) in [6.45, 7) is 4.71. The molecule has 0 aromatic heterocycles. The summed E-state index contributed by atoms with van der Waals surface area (Å²) >= 11 is 0. The van der Waals surface area contributed by atoms with Crippen LogP contribution in [-0.2, 0) is 9.59 Å². The zero-order valence-electron chi connectivity index (χ0n) is 10.7. The molecule has 0 aromatic carbocycles. The summed E-state index contributed by atoms with van der Waals surface area (Å²) in [7, 11) is 0. The van der Waals surface area contributed by atoms with Gasteiger partial charge in [-0.2, -0.15) is 0 Å². The lowest BCUT2D eigenvalue weighted by atomic mass is 10.00. The van der Waals surface area contributed by atoms with Gasteiger partial charge < -0.3 is 16.4 Å². The van der Waals surface area contributed by atoms with Crippen LogP contribution in [-0.4, -0.2) is 30.4 Å². The molecule has 0 aromatic rings. The fraction of sp³-hybridized carbons (Fsp3) is 0.833. The number of carbonyl (C=O) groups is 2. The van der Waals surface area contributed by atoms with Gasteiger partial charge in [-0.15, -0.1) is 0 Å². The van der Waals surface area contributed by atoms with Crippen LogP contribution in [0.4, 0.5) is 0 Å². The standard InChI is InChI=1S/C12H23N3O2/c1-8(2)11(12(13)17)15-10(16)7-9-5-3-4-6-14-9/h8-9,11,14H,3-7H2,1-2H3,(H2,13,17)(H,15,16). The molecule has 5 heteroatoms. The summed E-state index contributed by atoms with van der Waals surface area (Å²) in [4.78, 5) is 22.9. The van der Waals surface area contributed by atoms with Gasteiger partial charge in [-0.25, -0.2) is 0 Å². The number of primary amides is 1. The Balaban J connectivity index is 2.38. The minimum Gasteiger partial charge on any atom is -0.368 e. The molecule has 1 aliphatic rings. The van der Waals surface area contributed by atoms with Crippen LogP contribution >= 0.6 is 0 Å². The third-order valence-corrected chi connectivity index (χ3v) is 3.13. The molecule has 98 valence electrons. The predicted molar refractivity (Wildman–Crippen MR) is 66.2 cm³/mol. The SMILES string of the molecule is CC(C)C(NC(=O)CC1CCCCN1)C(N)=O. The van der Waals surface area contributed by atoms with E-state index in [1.807, 2.05) is 13.8 Å². The van der Waals surface area contributed by atoms with Crippen molar-refractivity contribution >= 4 is 11.8 Å². The Bertz CT molecular complexity index is 273. The first-order valence-electron chi connectivity index (χ1n) is 6.32. The molecule has 0 aliphatic carbocycles. The molecule has 2 atom stereocenters. The predicted octanol–water partition coefficient (Wildman–Crippen LogP) is 0.145. The number of hydrogen-bond donors (Lipinski definition) is 3. The Kier molecular flexibility index (Phi) is 5.41. The van der Waals surface area contributed by atoms with Crippen LogP contribution in [0.2, 0.25) is 0 Å². The van der Waals surface area contributed by atoms with Crippen LogP contribution < -0.4 is 16.4 Å². The van der Waals surface area contributed by atoms with Crippen LogP contribution in [0.15, 0.2) is 0 Å². The molecular weight excluding hydrogens is 218 g/mol. The molecular formula is C12H23N3O2. The summed E-state index contributed by atoms with van der Waals surface area (Å²) in [6.07, 6.45) is 3.79. The maximum atomic E-state index is 11.8. The van der Waals surface area contributed by atoms with E-state index in [9.17, 15) is 9.59 Å². The van der Waals surface area contributed by atoms with E-state index in [1.54, 1.807) is 0 Å². The second-order valence-corrected chi connectivity index (χ2v) is 5.04. The zero-order chi connectivity index (χ0) is 12.8. The highest BCUT2D eigenvalue weighted by atomic mass is 16.2. The Labute approximate surface area is 103 Å². The van der Waals surface area contributed by atoms with Crippen molar-refractivity contribution in [1.82, 2.24) is 10.6 Å². The van der Waals surface area contributed by atoms with Crippen molar-refractivity contribution in [2.24, 2.45) is 11.7 Å². The van der Waals surface area contributed by atoms with E-state index in [2.05, 4.69) is 10.6 Å². The van der Waals surface area contributed by atoms with Gasteiger partial charge in [0.15, 0.2) is 0 Å². The molecule has 2 amide bonds. The second-order valence-electron chi connectivity index (χ2n) is 5.04. The first-order valence-corrected chi connectivity index (χ1v) is 6.32. The molecule has 1 aliphatic heterocycles. The quantitative estimate of drug-likeness (QED) is 0.640. The Hall–Kier alpha value is -1.10. The van der Waals surface area contributed by atoms with Gasteiger partial charge in [0.05, 0.1) is 0 Å². The molecule has 0 radical (unpaired) electrons. The number of carbonyl (C=O) groups excluding carboxylic acids is 2. The summed E-state index contributed by atoms with van der Waals surface area (Å²) in [6, 6.07) is -0.324. The minimum absolute atomic E-state index is 0.0239. The Morgan fingerprint density at radius 1 is 1.41 bits per heavy atom. The lowest BCUT2D eigenvalue weighted by Gasteiger charge is -2.24. The van der Waals surface area contributed by atoms with Gasteiger partial charge in [0, 0.05) is 12.5 Å². The van der Waals surface area contributed by atoms with Crippen molar-refractivity contribution in [2.75, 3.05) is 6.54 Å². The molecule has 5 nitrogen and oxygen atoms in total. The van der Waals surface area contributed by atoms with Gasteiger partial charge in [0.2, 0.25) is 11.8 Å². The maximum Gasteiger partial charge on any atom is 0.240 e. The average molecular weight is 241 g/mol. The monoisotopic (exact) mass is 241 g/mol. The van der Waals surface area contributed by atoms with Crippen LogP contribution in [0.3, 0.4) is 0 Å². The van der Waals surface area contributed by atoms with E-state index < -0.39 is 11.9 Å². The highest BCUT2D eigenvalue weighted by molar-refractivity contribution is 5.86. The van der Waals surface area contributed by atoms with E-state index in [-0.39, 0.29) is 17.9 Å². The summed E-state index contributed by atoms with van der Waals surface area (Å²) in [5, 5.41) is 6.01. The molecule has 1 saturated heterocycles. The normalized spacial score (nSPS) is 22.2. The van der Waals surface area contributed by atoms with Gasteiger partial charge in [0.25, 0.3) is 0 Å². The van der Waals surface area contributed by atoms with Crippen molar-refractivity contribution in [3.05, 3.63) is 0 Å². The number of amides is 2. The molecule has 0 spiro atoms. The summed E-state index contributed by atoms with van der Waals surface area (Å²) < 4.78 is 0. The molecule has 17 heavy (non-hydrogen) atoms. The van der Waals surface area contributed by atoms with E-state index in [0.29, 0.717) is 6.42 Å². The minimum atomic E-state index is -0.564. The van der Waals surface area contributed by atoms with Crippen molar-refractivity contribution in [3.8, 4) is 0 Å². The smallest absolute Gasteiger partial charge is 0.240 e. The Morgan fingerprint density at radius 3 is 2.59 bits per heavy atom. The van der Waals surface area contributed by atoms with Crippen LogP contribution in [0.25, 0.3) is 0 Å². The van der Waals surface area contributed by atoms with E-state index in [0.717, 1.165) is 19.4 Å². The molecule has 1 rings (SSSR count). The van der Waals surface area contributed by atoms with Gasteiger partial charge >= 0.3 is 0 Å². The topological polar surface area (TPSA) is 84.2 Å². The van der Waals surface area contributed by atoms with Gasteiger partial charge in [-0.3, -0.25) is 9.59 Å². The van der Waals surface area contributed by atoms with Crippen molar-refractivity contribution in [1.29, 1.82) is 0 Å². The fourth-order valence-corrected chi connectivity index (χ4v) is 2.12. The first-order chi connectivity index (χ1) is 8.00. The number of nitrogens with two attached hydrogens (primary N) is 1. The number of nitrogens with one attached hydrogen (secondary N) is 2. The second kappa shape index (κ2) is 6.59. The number of rotatable bonds is 5. The van der Waals surface area contributed by atoms with E-state index in [4.69, 9.17) is 5.73 Å². The highest BCUT2D eigenvalue weighted by Gasteiger charge is 2.23. The first kappa shape index (κ1) is 14.0. The van der Waals surface area contributed by atoms with Crippen LogP contribution in [0, 0.1) is 5.92 Å². The Morgan fingerprint density at radius 2 is 2.12 bits per heavy atom. The largest absolute Gasteiger partial charge is 0.368 e. The average Bonchev–Trinajstić information content (AvgIpc) is 2.26. The van der Waals surface area contributed by atoms with Crippen molar-refractivity contribution < 1.29 is 9.59 Å². The third kappa shape index (κ3) is 4.73. The van der Waals surface area contributed by atoms with Gasteiger partial charge in [-0.1, -0.05) is 20.3 Å². The van der Waals surface area contributed by atoms with Crippen molar-refractivity contribution in [3.63, 3.8) is 0 Å². The van der Waals surface area contributed by atoms with E-state index in [1.165, 1.54) is 6.42 Å². The molecule has 0 saturated carbocycles. The zero-order valence-corrected chi connectivity index (χ0v) is 10.7. The number of hydrogen-bond acceptors (Lipinski definition) is 3. The van der Waals surface area contributed by atoms with Crippen molar-refractivity contribution in [2.45, 2.75) is 51.6 Å². The van der Waals surface area contributed by atoms with Crippen LogP contribution in [0.5, 0.6) is 0 Å². The number of piperidine rings is 1. The highest BCUT2D eigenvalue weighted by Crippen LogP contribution is 2.10. The molecule has 0 bridgehead atoms.